The Morgan fingerprint density at radius 1 is 1.15 bits per heavy atom. The van der Waals surface area contributed by atoms with E-state index in [2.05, 4.69) is 34.7 Å². The van der Waals surface area contributed by atoms with E-state index in [1.165, 1.54) is 37.9 Å². The third-order valence-electron chi connectivity index (χ3n) is 4.58. The average Bonchev–Trinajstić information content (AvgIpc) is 2.37. The Morgan fingerprint density at radius 3 is 2.50 bits per heavy atom. The number of nitrogens with zero attached hydrogens (tertiary/aromatic N) is 4. The molecule has 4 heteroatoms. The fourth-order valence-corrected chi connectivity index (χ4v) is 3.12. The van der Waals surface area contributed by atoms with Crippen LogP contribution in [0, 0.1) is 6.92 Å². The molecule has 2 fully saturated rings. The second kappa shape index (κ2) is 6.08. The van der Waals surface area contributed by atoms with Crippen molar-refractivity contribution in [1.82, 2.24) is 14.9 Å². The first-order valence-corrected chi connectivity index (χ1v) is 8.09. The fraction of sp³-hybridized carbons (Fsp3) is 0.750. The molecule has 1 aliphatic carbocycles. The summed E-state index contributed by atoms with van der Waals surface area (Å²) in [5, 5.41) is 0. The molecule has 1 aromatic rings. The highest BCUT2D eigenvalue weighted by Gasteiger charge is 2.24. The van der Waals surface area contributed by atoms with Crippen LogP contribution in [0.25, 0.3) is 0 Å². The molecule has 0 radical (unpaired) electrons. The van der Waals surface area contributed by atoms with Crippen molar-refractivity contribution in [1.29, 1.82) is 0 Å². The van der Waals surface area contributed by atoms with Crippen molar-refractivity contribution in [3.05, 3.63) is 17.5 Å². The lowest BCUT2D eigenvalue weighted by Crippen LogP contribution is -2.47. The molecule has 4 nitrogen and oxygen atoms in total. The molecule has 2 heterocycles. The minimum absolute atomic E-state index is 0.692. The van der Waals surface area contributed by atoms with Gasteiger partial charge in [0.25, 0.3) is 0 Å². The van der Waals surface area contributed by atoms with E-state index in [0.717, 1.165) is 37.8 Å². The molecule has 1 aromatic heterocycles. The molecule has 0 amide bonds. The van der Waals surface area contributed by atoms with E-state index in [9.17, 15) is 0 Å². The number of rotatable bonds is 4. The maximum absolute atomic E-state index is 4.85. The Bertz CT molecular complexity index is 448. The zero-order valence-electron chi connectivity index (χ0n) is 12.8. The Hall–Kier alpha value is -1.16. The summed E-state index contributed by atoms with van der Waals surface area (Å²) in [5.74, 6) is 1.65. The molecule has 0 spiro atoms. The van der Waals surface area contributed by atoms with Crippen LogP contribution in [0.5, 0.6) is 0 Å². The fourth-order valence-electron chi connectivity index (χ4n) is 3.12. The molecule has 1 saturated carbocycles. The monoisotopic (exact) mass is 274 g/mol. The van der Waals surface area contributed by atoms with Crippen molar-refractivity contribution in [2.75, 3.05) is 37.6 Å². The third kappa shape index (κ3) is 2.95. The first kappa shape index (κ1) is 13.8. The summed E-state index contributed by atoms with van der Waals surface area (Å²) in [6.07, 6.45) is 5.21. The molecule has 20 heavy (non-hydrogen) atoms. The van der Waals surface area contributed by atoms with Gasteiger partial charge in [0.05, 0.1) is 0 Å². The summed E-state index contributed by atoms with van der Waals surface area (Å²) in [5.41, 5.74) is 2.39. The molecule has 1 saturated heterocycles. The molecule has 0 bridgehead atoms. The molecule has 0 aromatic carbocycles. The van der Waals surface area contributed by atoms with Gasteiger partial charge in [0.15, 0.2) is 0 Å². The standard InChI is InChI=1S/C16H26N4/c1-3-7-19-8-10-20(11-9-19)16-17-13(2)12-15(18-16)14-5-4-6-14/h12,14H,3-11H2,1-2H3. The largest absolute Gasteiger partial charge is 0.338 e. The molecular weight excluding hydrogens is 248 g/mol. The van der Waals surface area contributed by atoms with E-state index in [1.54, 1.807) is 0 Å². The van der Waals surface area contributed by atoms with Gasteiger partial charge in [-0.25, -0.2) is 9.97 Å². The van der Waals surface area contributed by atoms with Gasteiger partial charge < -0.3 is 4.90 Å². The van der Waals surface area contributed by atoms with Gasteiger partial charge in [0, 0.05) is 43.5 Å². The van der Waals surface area contributed by atoms with Crippen LogP contribution in [-0.2, 0) is 0 Å². The molecule has 0 atom stereocenters. The van der Waals surface area contributed by atoms with Crippen molar-refractivity contribution in [3.63, 3.8) is 0 Å². The number of hydrogen-bond donors (Lipinski definition) is 0. The lowest BCUT2D eigenvalue weighted by molar-refractivity contribution is 0.257. The molecule has 2 aliphatic rings. The normalized spacial score (nSPS) is 21.0. The van der Waals surface area contributed by atoms with E-state index < -0.39 is 0 Å². The highest BCUT2D eigenvalue weighted by Crippen LogP contribution is 2.35. The number of anilines is 1. The maximum Gasteiger partial charge on any atom is 0.225 e. The minimum atomic E-state index is 0.692. The molecule has 110 valence electrons. The van der Waals surface area contributed by atoms with Gasteiger partial charge in [-0.1, -0.05) is 13.3 Å². The highest BCUT2D eigenvalue weighted by molar-refractivity contribution is 5.34. The lowest BCUT2D eigenvalue weighted by Gasteiger charge is -2.35. The van der Waals surface area contributed by atoms with Crippen molar-refractivity contribution in [3.8, 4) is 0 Å². The Labute approximate surface area is 122 Å². The van der Waals surface area contributed by atoms with Crippen molar-refractivity contribution in [2.45, 2.75) is 45.4 Å². The first-order chi connectivity index (χ1) is 9.76. The number of aryl methyl sites for hydroxylation is 1. The Kier molecular flexibility index (Phi) is 4.20. The Morgan fingerprint density at radius 2 is 1.90 bits per heavy atom. The predicted octanol–water partition coefficient (Wildman–Crippen LogP) is 2.58. The summed E-state index contributed by atoms with van der Waals surface area (Å²) in [6.45, 7) is 9.98. The summed E-state index contributed by atoms with van der Waals surface area (Å²) >= 11 is 0. The van der Waals surface area contributed by atoms with Crippen LogP contribution < -0.4 is 4.90 Å². The predicted molar refractivity (Wildman–Crippen MR) is 82.3 cm³/mol. The summed E-state index contributed by atoms with van der Waals surface area (Å²) in [7, 11) is 0. The second-order valence-corrected chi connectivity index (χ2v) is 6.19. The van der Waals surface area contributed by atoms with Gasteiger partial charge in [-0.15, -0.1) is 0 Å². The van der Waals surface area contributed by atoms with Crippen LogP contribution in [0.15, 0.2) is 6.07 Å². The minimum Gasteiger partial charge on any atom is -0.338 e. The molecular formula is C16H26N4. The van der Waals surface area contributed by atoms with Crippen LogP contribution in [-0.4, -0.2) is 47.6 Å². The molecule has 3 rings (SSSR count). The van der Waals surface area contributed by atoms with Crippen LogP contribution in [0.4, 0.5) is 5.95 Å². The van der Waals surface area contributed by atoms with Crippen molar-refractivity contribution < 1.29 is 0 Å². The van der Waals surface area contributed by atoms with Gasteiger partial charge >= 0.3 is 0 Å². The van der Waals surface area contributed by atoms with Gasteiger partial charge in [-0.05, 0) is 38.8 Å². The zero-order valence-corrected chi connectivity index (χ0v) is 12.8. The summed E-state index contributed by atoms with van der Waals surface area (Å²) in [6, 6.07) is 2.18. The lowest BCUT2D eigenvalue weighted by atomic mass is 9.83. The van der Waals surface area contributed by atoms with Crippen LogP contribution in [0.2, 0.25) is 0 Å². The molecule has 0 unspecified atom stereocenters. The summed E-state index contributed by atoms with van der Waals surface area (Å²) in [4.78, 5) is 14.4. The van der Waals surface area contributed by atoms with Gasteiger partial charge in [-0.3, -0.25) is 4.90 Å². The zero-order chi connectivity index (χ0) is 13.9. The van der Waals surface area contributed by atoms with Crippen molar-refractivity contribution in [2.24, 2.45) is 0 Å². The van der Waals surface area contributed by atoms with E-state index in [1.807, 2.05) is 0 Å². The Balaban J connectivity index is 1.69. The average molecular weight is 274 g/mol. The van der Waals surface area contributed by atoms with E-state index in [-0.39, 0.29) is 0 Å². The SMILES string of the molecule is CCCN1CCN(c2nc(C)cc(C3CCC3)n2)CC1. The van der Waals surface area contributed by atoms with Gasteiger partial charge in [0.1, 0.15) is 0 Å². The van der Waals surface area contributed by atoms with Crippen LogP contribution in [0.1, 0.15) is 49.9 Å². The van der Waals surface area contributed by atoms with Gasteiger partial charge in [0.2, 0.25) is 5.95 Å². The maximum atomic E-state index is 4.85. The molecule has 0 N–H and O–H groups in total. The number of hydrogen-bond acceptors (Lipinski definition) is 4. The quantitative estimate of drug-likeness (QED) is 0.845. The number of aromatic nitrogens is 2. The molecule has 1 aliphatic heterocycles. The van der Waals surface area contributed by atoms with Crippen molar-refractivity contribution >= 4 is 5.95 Å². The summed E-state index contributed by atoms with van der Waals surface area (Å²) < 4.78 is 0. The van der Waals surface area contributed by atoms with Crippen LogP contribution >= 0.6 is 0 Å². The third-order valence-corrected chi connectivity index (χ3v) is 4.58. The van der Waals surface area contributed by atoms with E-state index >= 15 is 0 Å². The second-order valence-electron chi connectivity index (χ2n) is 6.19. The van der Waals surface area contributed by atoms with Gasteiger partial charge in [-0.2, -0.15) is 0 Å². The van der Waals surface area contributed by atoms with Crippen LogP contribution in [0.3, 0.4) is 0 Å². The van der Waals surface area contributed by atoms with E-state index in [0.29, 0.717) is 5.92 Å². The first-order valence-electron chi connectivity index (χ1n) is 8.09. The van der Waals surface area contributed by atoms with E-state index in [4.69, 9.17) is 4.98 Å². The smallest absolute Gasteiger partial charge is 0.225 e. The number of piperazine rings is 1. The topological polar surface area (TPSA) is 32.3 Å². The highest BCUT2D eigenvalue weighted by atomic mass is 15.3.